The van der Waals surface area contributed by atoms with Crippen LogP contribution in [0.5, 0.6) is 0 Å². The second kappa shape index (κ2) is 5.23. The Balaban J connectivity index is 2.20. The smallest absolute Gasteiger partial charge is 0.345 e. The van der Waals surface area contributed by atoms with Crippen molar-refractivity contribution >= 4 is 5.91 Å². The van der Waals surface area contributed by atoms with E-state index in [0.29, 0.717) is 12.5 Å². The van der Waals surface area contributed by atoms with Gasteiger partial charge in [0.15, 0.2) is 5.92 Å². The van der Waals surface area contributed by atoms with Crippen molar-refractivity contribution in [2.45, 2.75) is 24.9 Å². The minimum Gasteiger partial charge on any atom is -0.345 e. The second-order valence-corrected chi connectivity index (χ2v) is 5.05. The van der Waals surface area contributed by atoms with Crippen LogP contribution in [0.1, 0.15) is 24.3 Å². The number of likely N-dealkylation sites (N-methyl/N-ethyl adjacent to an activating group) is 1. The zero-order valence-electron chi connectivity index (χ0n) is 10.7. The number of carbonyl (C=O) groups is 1. The van der Waals surface area contributed by atoms with Crippen LogP contribution < -0.4 is 0 Å². The summed E-state index contributed by atoms with van der Waals surface area (Å²) in [6.45, 7) is 0.415. The molecular formula is C14H16F3NO. The van der Waals surface area contributed by atoms with Gasteiger partial charge in [-0.05, 0) is 24.3 Å². The molecule has 104 valence electrons. The van der Waals surface area contributed by atoms with Gasteiger partial charge in [-0.3, -0.25) is 4.79 Å². The molecule has 2 rings (SSSR count). The van der Waals surface area contributed by atoms with Gasteiger partial charge in [-0.25, -0.2) is 0 Å². The molecule has 1 amide bonds. The summed E-state index contributed by atoms with van der Waals surface area (Å²) in [7, 11) is 1.45. The van der Waals surface area contributed by atoms with Gasteiger partial charge in [0, 0.05) is 13.6 Å². The molecule has 1 aromatic rings. The van der Waals surface area contributed by atoms with E-state index in [1.54, 1.807) is 6.07 Å². The first kappa shape index (κ1) is 13.9. The number of halogens is 3. The number of hydrogen-bond donors (Lipinski definition) is 0. The van der Waals surface area contributed by atoms with Crippen LogP contribution in [0, 0.1) is 5.92 Å². The Bertz CT molecular complexity index is 440. The van der Waals surface area contributed by atoms with Crippen LogP contribution in [0.2, 0.25) is 0 Å². The zero-order valence-corrected chi connectivity index (χ0v) is 10.7. The summed E-state index contributed by atoms with van der Waals surface area (Å²) < 4.78 is 39.4. The maximum absolute atomic E-state index is 13.1. The lowest BCUT2D eigenvalue weighted by Crippen LogP contribution is -2.39. The predicted molar refractivity (Wildman–Crippen MR) is 65.6 cm³/mol. The lowest BCUT2D eigenvalue weighted by Gasteiger charge is -2.25. The first-order valence-electron chi connectivity index (χ1n) is 6.26. The van der Waals surface area contributed by atoms with Crippen LogP contribution in [-0.2, 0) is 4.79 Å². The number of nitrogens with zero attached hydrogens (tertiary/aromatic N) is 1. The molecule has 5 heteroatoms. The molecule has 1 aromatic carbocycles. The SMILES string of the molecule is CN(CC1CC1)C(=O)C(c1ccccc1)C(F)(F)F. The van der Waals surface area contributed by atoms with Crippen LogP contribution in [0.3, 0.4) is 0 Å². The lowest BCUT2D eigenvalue weighted by molar-refractivity contribution is -0.171. The maximum Gasteiger partial charge on any atom is 0.404 e. The van der Waals surface area contributed by atoms with E-state index < -0.39 is 18.0 Å². The van der Waals surface area contributed by atoms with E-state index in [9.17, 15) is 18.0 Å². The standard InChI is InChI=1S/C14H16F3NO/c1-18(9-10-7-8-10)13(19)12(14(15,16)17)11-5-3-2-4-6-11/h2-6,10,12H,7-9H2,1H3. The Labute approximate surface area is 110 Å². The Hall–Kier alpha value is -1.52. The number of hydrogen-bond acceptors (Lipinski definition) is 1. The Morgan fingerprint density at radius 1 is 1.32 bits per heavy atom. The van der Waals surface area contributed by atoms with Gasteiger partial charge in [0.25, 0.3) is 0 Å². The predicted octanol–water partition coefficient (Wildman–Crippen LogP) is 3.20. The van der Waals surface area contributed by atoms with Gasteiger partial charge in [-0.15, -0.1) is 0 Å². The Morgan fingerprint density at radius 2 is 1.89 bits per heavy atom. The molecule has 1 atom stereocenters. The summed E-state index contributed by atoms with van der Waals surface area (Å²) in [5.41, 5.74) is 0.00245. The minimum atomic E-state index is -4.56. The summed E-state index contributed by atoms with van der Waals surface area (Å²) in [5.74, 6) is -2.55. The number of amides is 1. The number of carbonyl (C=O) groups excluding carboxylic acids is 1. The van der Waals surface area contributed by atoms with Crippen LogP contribution in [-0.4, -0.2) is 30.6 Å². The van der Waals surface area contributed by atoms with Crippen molar-refractivity contribution in [3.8, 4) is 0 Å². The van der Waals surface area contributed by atoms with Crippen LogP contribution in [0.4, 0.5) is 13.2 Å². The highest BCUT2D eigenvalue weighted by Crippen LogP contribution is 2.37. The molecule has 0 aliphatic heterocycles. The summed E-state index contributed by atoms with van der Waals surface area (Å²) in [4.78, 5) is 13.3. The average Bonchev–Trinajstić information content (AvgIpc) is 3.12. The molecule has 1 fully saturated rings. The molecule has 0 N–H and O–H groups in total. The molecule has 1 saturated carbocycles. The summed E-state index contributed by atoms with van der Waals surface area (Å²) in [5, 5.41) is 0. The van der Waals surface area contributed by atoms with Gasteiger partial charge in [0.05, 0.1) is 0 Å². The monoisotopic (exact) mass is 271 g/mol. The molecule has 19 heavy (non-hydrogen) atoms. The van der Waals surface area contributed by atoms with Crippen molar-refractivity contribution in [3.05, 3.63) is 35.9 Å². The minimum absolute atomic E-state index is 0.00245. The highest BCUT2D eigenvalue weighted by Gasteiger charge is 2.47. The first-order chi connectivity index (χ1) is 8.89. The van der Waals surface area contributed by atoms with Crippen molar-refractivity contribution in [3.63, 3.8) is 0 Å². The molecule has 0 aromatic heterocycles. The third-order valence-corrected chi connectivity index (χ3v) is 3.31. The highest BCUT2D eigenvalue weighted by molar-refractivity contribution is 5.84. The average molecular weight is 271 g/mol. The second-order valence-electron chi connectivity index (χ2n) is 5.05. The molecular weight excluding hydrogens is 255 g/mol. The van der Waals surface area contributed by atoms with Crippen molar-refractivity contribution in [2.75, 3.05) is 13.6 Å². The van der Waals surface area contributed by atoms with Crippen LogP contribution in [0.25, 0.3) is 0 Å². The molecule has 0 bridgehead atoms. The Morgan fingerprint density at radius 3 is 2.37 bits per heavy atom. The fourth-order valence-electron chi connectivity index (χ4n) is 2.12. The van der Waals surface area contributed by atoms with Gasteiger partial charge in [-0.1, -0.05) is 30.3 Å². The van der Waals surface area contributed by atoms with E-state index in [1.807, 2.05) is 0 Å². The van der Waals surface area contributed by atoms with Crippen LogP contribution >= 0.6 is 0 Å². The Kier molecular flexibility index (Phi) is 3.83. The van der Waals surface area contributed by atoms with E-state index in [-0.39, 0.29) is 5.56 Å². The first-order valence-corrected chi connectivity index (χ1v) is 6.26. The quantitative estimate of drug-likeness (QED) is 0.823. The summed E-state index contributed by atoms with van der Waals surface area (Å²) in [6.07, 6.45) is -2.56. The maximum atomic E-state index is 13.1. The lowest BCUT2D eigenvalue weighted by atomic mass is 9.97. The third kappa shape index (κ3) is 3.49. The molecule has 1 aliphatic carbocycles. The van der Waals surface area contributed by atoms with Gasteiger partial charge < -0.3 is 4.90 Å². The van der Waals surface area contributed by atoms with Crippen molar-refractivity contribution < 1.29 is 18.0 Å². The molecule has 1 unspecified atom stereocenters. The molecule has 1 aliphatic rings. The van der Waals surface area contributed by atoms with Crippen molar-refractivity contribution in [1.82, 2.24) is 4.90 Å². The van der Waals surface area contributed by atoms with E-state index >= 15 is 0 Å². The van der Waals surface area contributed by atoms with Crippen molar-refractivity contribution in [2.24, 2.45) is 5.92 Å². The third-order valence-electron chi connectivity index (χ3n) is 3.31. The van der Waals surface area contributed by atoms with E-state index in [2.05, 4.69) is 0 Å². The fraction of sp³-hybridized carbons (Fsp3) is 0.500. The van der Waals surface area contributed by atoms with E-state index in [4.69, 9.17) is 0 Å². The van der Waals surface area contributed by atoms with Gasteiger partial charge in [-0.2, -0.15) is 13.2 Å². The zero-order chi connectivity index (χ0) is 14.0. The number of rotatable bonds is 4. The highest BCUT2D eigenvalue weighted by atomic mass is 19.4. The van der Waals surface area contributed by atoms with E-state index in [1.165, 1.54) is 36.2 Å². The molecule has 2 nitrogen and oxygen atoms in total. The summed E-state index contributed by atoms with van der Waals surface area (Å²) in [6, 6.07) is 7.36. The topological polar surface area (TPSA) is 20.3 Å². The summed E-state index contributed by atoms with van der Waals surface area (Å²) >= 11 is 0. The van der Waals surface area contributed by atoms with Crippen LogP contribution in [0.15, 0.2) is 30.3 Å². The molecule has 0 saturated heterocycles. The molecule has 0 spiro atoms. The van der Waals surface area contributed by atoms with Gasteiger partial charge in [0.2, 0.25) is 5.91 Å². The molecule has 0 radical (unpaired) electrons. The fourth-order valence-corrected chi connectivity index (χ4v) is 2.12. The number of alkyl halides is 3. The largest absolute Gasteiger partial charge is 0.404 e. The van der Waals surface area contributed by atoms with Gasteiger partial charge in [0.1, 0.15) is 0 Å². The number of benzene rings is 1. The normalized spacial score (nSPS) is 17.1. The van der Waals surface area contributed by atoms with Gasteiger partial charge >= 0.3 is 6.18 Å². The van der Waals surface area contributed by atoms with Crippen molar-refractivity contribution in [1.29, 1.82) is 0 Å². The van der Waals surface area contributed by atoms with E-state index in [0.717, 1.165) is 12.8 Å². The molecule has 0 heterocycles.